The lowest BCUT2D eigenvalue weighted by Crippen LogP contribution is -2.03. The summed E-state index contributed by atoms with van der Waals surface area (Å²) in [6.07, 6.45) is 5.43. The van der Waals surface area contributed by atoms with Gasteiger partial charge in [0.25, 0.3) is 0 Å². The van der Waals surface area contributed by atoms with Crippen LogP contribution in [0.1, 0.15) is 11.3 Å². The Kier molecular flexibility index (Phi) is 1.99. The predicted octanol–water partition coefficient (Wildman–Crippen LogP) is 0.556. The number of aromatic nitrogens is 4. The number of nitrogens with two attached hydrogens (primary N) is 1. The fourth-order valence-corrected chi connectivity index (χ4v) is 1.48. The van der Waals surface area contributed by atoms with E-state index in [1.165, 1.54) is 0 Å². The quantitative estimate of drug-likeness (QED) is 0.754. The van der Waals surface area contributed by atoms with Crippen LogP contribution in [0.4, 0.5) is 5.82 Å². The number of nitrogen functional groups attached to an aromatic ring is 1. The molecule has 0 aliphatic heterocycles. The van der Waals surface area contributed by atoms with Crippen molar-refractivity contribution in [2.24, 2.45) is 7.05 Å². The highest BCUT2D eigenvalue weighted by Gasteiger charge is 2.09. The highest BCUT2D eigenvalue weighted by atomic mass is 15.3. The molecule has 0 bridgehead atoms. The summed E-state index contributed by atoms with van der Waals surface area (Å²) in [7, 11) is 1.85. The lowest BCUT2D eigenvalue weighted by atomic mass is 10.2. The average Bonchev–Trinajstić information content (AvgIpc) is 2.71. The number of hydrogen-bond acceptors (Lipinski definition) is 3. The molecule has 5 nitrogen and oxygen atoms in total. The Morgan fingerprint density at radius 1 is 1.50 bits per heavy atom. The van der Waals surface area contributed by atoms with Gasteiger partial charge in [0.15, 0.2) is 0 Å². The minimum Gasteiger partial charge on any atom is -0.384 e. The molecule has 2 aromatic rings. The second kappa shape index (κ2) is 3.17. The summed E-state index contributed by atoms with van der Waals surface area (Å²) in [5.41, 5.74) is 7.92. The molecule has 2 aromatic heterocycles. The summed E-state index contributed by atoms with van der Waals surface area (Å²) in [6.45, 7) is 2.69. The maximum atomic E-state index is 5.89. The molecule has 0 aromatic carbocycles. The SMILES string of the molecule is Cc1nn(C)c(N)c1Cn1ccnc1. The molecule has 0 aliphatic rings. The number of hydrogen-bond donors (Lipinski definition) is 1. The van der Waals surface area contributed by atoms with E-state index in [2.05, 4.69) is 10.1 Å². The lowest BCUT2D eigenvalue weighted by molar-refractivity contribution is 0.767. The summed E-state index contributed by atoms with van der Waals surface area (Å²) >= 11 is 0. The van der Waals surface area contributed by atoms with Gasteiger partial charge in [-0.3, -0.25) is 4.68 Å². The van der Waals surface area contributed by atoms with Crippen molar-refractivity contribution in [2.75, 3.05) is 5.73 Å². The first-order valence-corrected chi connectivity index (χ1v) is 4.42. The summed E-state index contributed by atoms with van der Waals surface area (Å²) in [5.74, 6) is 0.719. The van der Waals surface area contributed by atoms with Crippen molar-refractivity contribution < 1.29 is 0 Å². The predicted molar refractivity (Wildman–Crippen MR) is 53.7 cm³/mol. The van der Waals surface area contributed by atoms with Crippen LogP contribution in [-0.2, 0) is 13.6 Å². The van der Waals surface area contributed by atoms with Crippen LogP contribution < -0.4 is 5.73 Å². The minimum absolute atomic E-state index is 0.719. The highest BCUT2D eigenvalue weighted by Crippen LogP contribution is 2.15. The van der Waals surface area contributed by atoms with Gasteiger partial charge in [0.1, 0.15) is 5.82 Å². The van der Waals surface area contributed by atoms with Crippen LogP contribution in [0.3, 0.4) is 0 Å². The van der Waals surface area contributed by atoms with Gasteiger partial charge < -0.3 is 10.3 Å². The van der Waals surface area contributed by atoms with Gasteiger partial charge in [-0.1, -0.05) is 0 Å². The molecular weight excluding hydrogens is 178 g/mol. The standard InChI is InChI=1S/C9H13N5/c1-7-8(9(10)13(2)12-7)5-14-4-3-11-6-14/h3-4,6H,5,10H2,1-2H3. The number of nitrogens with zero attached hydrogens (tertiary/aromatic N) is 4. The van der Waals surface area contributed by atoms with Crippen LogP contribution in [-0.4, -0.2) is 19.3 Å². The normalized spacial score (nSPS) is 10.7. The summed E-state index contributed by atoms with van der Waals surface area (Å²) in [6, 6.07) is 0. The van der Waals surface area contributed by atoms with E-state index in [9.17, 15) is 0 Å². The van der Waals surface area contributed by atoms with E-state index >= 15 is 0 Å². The minimum atomic E-state index is 0.719. The molecular formula is C9H13N5. The maximum Gasteiger partial charge on any atom is 0.126 e. The van der Waals surface area contributed by atoms with Crippen LogP contribution >= 0.6 is 0 Å². The van der Waals surface area contributed by atoms with Crippen molar-refractivity contribution in [2.45, 2.75) is 13.5 Å². The topological polar surface area (TPSA) is 61.7 Å². The first kappa shape index (κ1) is 8.80. The molecule has 0 saturated heterocycles. The van der Waals surface area contributed by atoms with Gasteiger partial charge in [-0.05, 0) is 6.92 Å². The molecule has 0 saturated carbocycles. The molecule has 0 fully saturated rings. The van der Waals surface area contributed by atoms with Crippen molar-refractivity contribution in [1.29, 1.82) is 0 Å². The maximum absolute atomic E-state index is 5.89. The van der Waals surface area contributed by atoms with Crippen LogP contribution in [0.15, 0.2) is 18.7 Å². The Bertz CT molecular complexity index is 426. The van der Waals surface area contributed by atoms with Crippen LogP contribution in [0, 0.1) is 6.92 Å². The van der Waals surface area contributed by atoms with Crippen LogP contribution in [0.25, 0.3) is 0 Å². The summed E-state index contributed by atoms with van der Waals surface area (Å²) < 4.78 is 3.67. The van der Waals surface area contributed by atoms with Gasteiger partial charge in [0, 0.05) is 25.0 Å². The van der Waals surface area contributed by atoms with Crippen LogP contribution in [0.2, 0.25) is 0 Å². The Morgan fingerprint density at radius 2 is 2.29 bits per heavy atom. The van der Waals surface area contributed by atoms with E-state index in [1.54, 1.807) is 17.2 Å². The molecule has 0 radical (unpaired) electrons. The third-order valence-electron chi connectivity index (χ3n) is 2.29. The molecule has 5 heteroatoms. The molecule has 0 spiro atoms. The Hall–Kier alpha value is -1.78. The van der Waals surface area contributed by atoms with Crippen molar-refractivity contribution in [3.8, 4) is 0 Å². The van der Waals surface area contributed by atoms with Crippen molar-refractivity contribution in [1.82, 2.24) is 19.3 Å². The second-order valence-electron chi connectivity index (χ2n) is 3.31. The van der Waals surface area contributed by atoms with Crippen molar-refractivity contribution >= 4 is 5.82 Å². The fraction of sp³-hybridized carbons (Fsp3) is 0.333. The van der Waals surface area contributed by atoms with E-state index in [0.29, 0.717) is 0 Å². The molecule has 0 aliphatic carbocycles. The Morgan fingerprint density at radius 3 is 2.79 bits per heavy atom. The number of anilines is 1. The van der Waals surface area contributed by atoms with Gasteiger partial charge in [0.2, 0.25) is 0 Å². The Labute approximate surface area is 82.2 Å². The van der Waals surface area contributed by atoms with E-state index in [1.807, 2.05) is 24.7 Å². The monoisotopic (exact) mass is 191 g/mol. The number of aryl methyl sites for hydroxylation is 2. The second-order valence-corrected chi connectivity index (χ2v) is 3.31. The molecule has 2 N–H and O–H groups in total. The zero-order chi connectivity index (χ0) is 10.1. The molecule has 0 amide bonds. The van der Waals surface area contributed by atoms with E-state index < -0.39 is 0 Å². The first-order chi connectivity index (χ1) is 6.68. The highest BCUT2D eigenvalue weighted by molar-refractivity contribution is 5.42. The zero-order valence-corrected chi connectivity index (χ0v) is 8.31. The summed E-state index contributed by atoms with van der Waals surface area (Å²) in [5, 5.41) is 4.25. The lowest BCUT2D eigenvalue weighted by Gasteiger charge is -2.02. The van der Waals surface area contributed by atoms with Gasteiger partial charge in [-0.25, -0.2) is 4.98 Å². The molecule has 2 heterocycles. The number of rotatable bonds is 2. The fourth-order valence-electron chi connectivity index (χ4n) is 1.48. The van der Waals surface area contributed by atoms with Gasteiger partial charge in [0.05, 0.1) is 18.6 Å². The zero-order valence-electron chi connectivity index (χ0n) is 8.31. The van der Waals surface area contributed by atoms with Crippen molar-refractivity contribution in [3.63, 3.8) is 0 Å². The molecule has 74 valence electrons. The van der Waals surface area contributed by atoms with Gasteiger partial charge >= 0.3 is 0 Å². The van der Waals surface area contributed by atoms with E-state index in [-0.39, 0.29) is 0 Å². The van der Waals surface area contributed by atoms with Gasteiger partial charge in [-0.2, -0.15) is 5.10 Å². The average molecular weight is 191 g/mol. The smallest absolute Gasteiger partial charge is 0.126 e. The molecule has 0 atom stereocenters. The Balaban J connectivity index is 2.33. The molecule has 2 rings (SSSR count). The third kappa shape index (κ3) is 1.37. The third-order valence-corrected chi connectivity index (χ3v) is 2.29. The van der Waals surface area contributed by atoms with E-state index in [4.69, 9.17) is 5.73 Å². The van der Waals surface area contributed by atoms with Crippen LogP contribution in [0.5, 0.6) is 0 Å². The molecule has 0 unspecified atom stereocenters. The molecule has 14 heavy (non-hydrogen) atoms. The number of imidazole rings is 1. The van der Waals surface area contributed by atoms with Crippen molar-refractivity contribution in [3.05, 3.63) is 30.0 Å². The largest absolute Gasteiger partial charge is 0.384 e. The first-order valence-electron chi connectivity index (χ1n) is 4.42. The van der Waals surface area contributed by atoms with Gasteiger partial charge in [-0.15, -0.1) is 0 Å². The van der Waals surface area contributed by atoms with E-state index in [0.717, 1.165) is 23.6 Å². The summed E-state index contributed by atoms with van der Waals surface area (Å²) in [4.78, 5) is 3.98.